The van der Waals surface area contributed by atoms with E-state index in [2.05, 4.69) is 28.0 Å². The maximum Gasteiger partial charge on any atom is 0.0639 e. The van der Waals surface area contributed by atoms with Gasteiger partial charge < -0.3 is 4.90 Å². The SMILES string of the molecule is Cl/C(=C\c1ccccc1)CN1CCN(c2ccccc2Cl)CC1. The van der Waals surface area contributed by atoms with Crippen LogP contribution in [-0.4, -0.2) is 37.6 Å². The summed E-state index contributed by atoms with van der Waals surface area (Å²) in [7, 11) is 0. The zero-order valence-corrected chi connectivity index (χ0v) is 14.5. The van der Waals surface area contributed by atoms with E-state index in [1.807, 2.05) is 42.5 Å². The highest BCUT2D eigenvalue weighted by Crippen LogP contribution is 2.26. The van der Waals surface area contributed by atoms with Crippen LogP contribution in [0.5, 0.6) is 0 Å². The molecule has 0 atom stereocenters. The Morgan fingerprint density at radius 1 is 0.913 bits per heavy atom. The summed E-state index contributed by atoms with van der Waals surface area (Å²) in [5, 5.41) is 1.70. The topological polar surface area (TPSA) is 6.48 Å². The van der Waals surface area contributed by atoms with Crippen molar-refractivity contribution in [2.45, 2.75) is 0 Å². The van der Waals surface area contributed by atoms with E-state index in [1.165, 1.54) is 0 Å². The average Bonchev–Trinajstić information content (AvgIpc) is 2.57. The fraction of sp³-hybridized carbons (Fsp3) is 0.263. The van der Waals surface area contributed by atoms with Crippen molar-refractivity contribution in [1.29, 1.82) is 0 Å². The first kappa shape index (κ1) is 16.4. The highest BCUT2D eigenvalue weighted by atomic mass is 35.5. The summed E-state index contributed by atoms with van der Waals surface area (Å²) in [5.74, 6) is 0. The third kappa shape index (κ3) is 4.51. The van der Waals surface area contributed by atoms with Crippen LogP contribution in [0.3, 0.4) is 0 Å². The summed E-state index contributed by atoms with van der Waals surface area (Å²) in [6, 6.07) is 18.2. The number of hydrogen-bond acceptors (Lipinski definition) is 2. The van der Waals surface area contributed by atoms with Crippen molar-refractivity contribution in [3.63, 3.8) is 0 Å². The summed E-state index contributed by atoms with van der Waals surface area (Å²) in [6.45, 7) is 4.72. The molecule has 0 bridgehead atoms. The number of halogens is 2. The van der Waals surface area contributed by atoms with Gasteiger partial charge in [-0.25, -0.2) is 0 Å². The molecule has 23 heavy (non-hydrogen) atoms. The van der Waals surface area contributed by atoms with Crippen molar-refractivity contribution in [2.75, 3.05) is 37.6 Å². The highest BCUT2D eigenvalue weighted by molar-refractivity contribution is 6.33. The van der Waals surface area contributed by atoms with Gasteiger partial charge in [-0.15, -0.1) is 0 Å². The molecule has 0 aliphatic carbocycles. The molecule has 1 saturated heterocycles. The zero-order chi connectivity index (χ0) is 16.1. The van der Waals surface area contributed by atoms with Gasteiger partial charge in [0.15, 0.2) is 0 Å². The normalized spacial score (nSPS) is 16.6. The van der Waals surface area contributed by atoms with Crippen LogP contribution in [0.4, 0.5) is 5.69 Å². The van der Waals surface area contributed by atoms with Crippen LogP contribution in [0.15, 0.2) is 59.6 Å². The van der Waals surface area contributed by atoms with Crippen molar-refractivity contribution in [2.24, 2.45) is 0 Å². The molecular weight excluding hydrogens is 327 g/mol. The fourth-order valence-corrected chi connectivity index (χ4v) is 3.39. The average molecular weight is 347 g/mol. The quantitative estimate of drug-likeness (QED) is 0.788. The first-order valence-electron chi connectivity index (χ1n) is 7.85. The van der Waals surface area contributed by atoms with Gasteiger partial charge in [-0.1, -0.05) is 65.7 Å². The fourth-order valence-electron chi connectivity index (χ4n) is 2.84. The van der Waals surface area contributed by atoms with E-state index >= 15 is 0 Å². The molecule has 1 heterocycles. The molecule has 1 fully saturated rings. The van der Waals surface area contributed by atoms with E-state index in [1.54, 1.807) is 0 Å². The van der Waals surface area contributed by atoms with Crippen LogP contribution >= 0.6 is 23.2 Å². The summed E-state index contributed by atoms with van der Waals surface area (Å²) < 4.78 is 0. The van der Waals surface area contributed by atoms with Gasteiger partial charge in [0.2, 0.25) is 0 Å². The molecule has 120 valence electrons. The van der Waals surface area contributed by atoms with E-state index < -0.39 is 0 Å². The maximum absolute atomic E-state index is 6.41. The molecule has 2 nitrogen and oxygen atoms in total. The van der Waals surface area contributed by atoms with Crippen LogP contribution in [0.1, 0.15) is 5.56 Å². The van der Waals surface area contributed by atoms with Gasteiger partial charge in [0.25, 0.3) is 0 Å². The smallest absolute Gasteiger partial charge is 0.0639 e. The molecule has 2 aromatic rings. The number of para-hydroxylation sites is 1. The van der Waals surface area contributed by atoms with Crippen LogP contribution < -0.4 is 4.90 Å². The molecule has 0 unspecified atom stereocenters. The predicted molar refractivity (Wildman–Crippen MR) is 100 cm³/mol. The van der Waals surface area contributed by atoms with E-state index in [0.717, 1.165) is 54.0 Å². The Morgan fingerprint density at radius 3 is 2.26 bits per heavy atom. The van der Waals surface area contributed by atoms with Gasteiger partial charge in [-0.05, 0) is 23.8 Å². The third-order valence-corrected chi connectivity index (χ3v) is 4.61. The Labute approximate surface area is 147 Å². The lowest BCUT2D eigenvalue weighted by atomic mass is 10.2. The van der Waals surface area contributed by atoms with E-state index in [0.29, 0.717) is 0 Å². The summed E-state index contributed by atoms with van der Waals surface area (Å²) in [6.07, 6.45) is 2.04. The maximum atomic E-state index is 6.41. The lowest BCUT2D eigenvalue weighted by Crippen LogP contribution is -2.46. The minimum Gasteiger partial charge on any atom is -0.368 e. The molecule has 0 saturated carbocycles. The molecule has 3 rings (SSSR count). The van der Waals surface area contributed by atoms with Crippen molar-refractivity contribution in [3.8, 4) is 0 Å². The number of piperazine rings is 1. The molecule has 2 aromatic carbocycles. The summed E-state index contributed by atoms with van der Waals surface area (Å²) >= 11 is 12.7. The summed E-state index contributed by atoms with van der Waals surface area (Å²) in [5.41, 5.74) is 2.27. The second-order valence-electron chi connectivity index (χ2n) is 5.72. The lowest BCUT2D eigenvalue weighted by Gasteiger charge is -2.36. The molecule has 0 amide bonds. The van der Waals surface area contributed by atoms with Gasteiger partial charge in [0.1, 0.15) is 0 Å². The number of nitrogens with zero attached hydrogens (tertiary/aromatic N) is 2. The van der Waals surface area contributed by atoms with Gasteiger partial charge in [-0.3, -0.25) is 4.90 Å². The standard InChI is InChI=1S/C19H20Cl2N2/c20-17(14-16-6-2-1-3-7-16)15-22-10-12-23(13-11-22)19-9-5-4-8-18(19)21/h1-9,14H,10-13,15H2/b17-14-. The van der Waals surface area contributed by atoms with Crippen molar-refractivity contribution >= 4 is 35.0 Å². The monoisotopic (exact) mass is 346 g/mol. The molecule has 1 aliphatic rings. The number of anilines is 1. The van der Waals surface area contributed by atoms with Crippen molar-refractivity contribution in [1.82, 2.24) is 4.90 Å². The van der Waals surface area contributed by atoms with Crippen LogP contribution in [-0.2, 0) is 0 Å². The molecule has 0 spiro atoms. The number of benzene rings is 2. The largest absolute Gasteiger partial charge is 0.368 e. The van der Waals surface area contributed by atoms with E-state index in [4.69, 9.17) is 23.2 Å². The highest BCUT2D eigenvalue weighted by Gasteiger charge is 2.18. The number of hydrogen-bond donors (Lipinski definition) is 0. The van der Waals surface area contributed by atoms with Gasteiger partial charge in [0.05, 0.1) is 10.7 Å². The Balaban J connectivity index is 1.55. The van der Waals surface area contributed by atoms with E-state index in [-0.39, 0.29) is 0 Å². The predicted octanol–water partition coefficient (Wildman–Crippen LogP) is 4.74. The lowest BCUT2D eigenvalue weighted by molar-refractivity contribution is 0.282. The first-order chi connectivity index (χ1) is 11.2. The number of rotatable bonds is 4. The molecule has 0 N–H and O–H groups in total. The van der Waals surface area contributed by atoms with Crippen LogP contribution in [0.25, 0.3) is 6.08 Å². The van der Waals surface area contributed by atoms with Crippen LogP contribution in [0.2, 0.25) is 5.02 Å². The minimum atomic E-state index is 0.798. The minimum absolute atomic E-state index is 0.798. The zero-order valence-electron chi connectivity index (χ0n) is 13.0. The Kier molecular flexibility index (Phi) is 5.60. The van der Waals surface area contributed by atoms with Crippen molar-refractivity contribution in [3.05, 3.63) is 70.2 Å². The molecule has 4 heteroatoms. The van der Waals surface area contributed by atoms with Gasteiger partial charge >= 0.3 is 0 Å². The Bertz CT molecular complexity index is 662. The molecule has 0 aromatic heterocycles. The Morgan fingerprint density at radius 2 is 1.57 bits per heavy atom. The second-order valence-corrected chi connectivity index (χ2v) is 6.61. The second kappa shape index (κ2) is 7.87. The van der Waals surface area contributed by atoms with Gasteiger partial charge in [-0.2, -0.15) is 0 Å². The summed E-state index contributed by atoms with van der Waals surface area (Å²) in [4.78, 5) is 4.72. The first-order valence-corrected chi connectivity index (χ1v) is 8.61. The molecule has 1 aliphatic heterocycles. The third-order valence-electron chi connectivity index (χ3n) is 4.06. The molecular formula is C19H20Cl2N2. The van der Waals surface area contributed by atoms with Crippen LogP contribution in [0, 0.1) is 0 Å². The van der Waals surface area contributed by atoms with E-state index in [9.17, 15) is 0 Å². The van der Waals surface area contributed by atoms with Crippen molar-refractivity contribution < 1.29 is 0 Å². The molecule has 0 radical (unpaired) electrons. The Hall–Kier alpha value is -1.48. The van der Waals surface area contributed by atoms with Gasteiger partial charge in [0, 0.05) is 37.8 Å².